The Kier molecular flexibility index (Phi) is 3.27. The molecule has 2 aromatic rings. The van der Waals surface area contributed by atoms with Crippen molar-refractivity contribution in [2.24, 2.45) is 0 Å². The second kappa shape index (κ2) is 4.46. The van der Waals surface area contributed by atoms with Crippen LogP contribution in [0.2, 0.25) is 0 Å². The molecule has 13 heavy (non-hydrogen) atoms. The Balaban J connectivity index is 0.000000845. The molecule has 2 rings (SSSR count). The van der Waals surface area contributed by atoms with Crippen LogP contribution in [0.5, 0.6) is 0 Å². The average molecular weight is 166 g/mol. The predicted molar refractivity (Wildman–Crippen MR) is 55.1 cm³/mol. The highest BCUT2D eigenvalue weighted by atomic mass is 14.0. The lowest BCUT2D eigenvalue weighted by Gasteiger charge is -1.98. The zero-order valence-corrected chi connectivity index (χ0v) is 7.27. The summed E-state index contributed by atoms with van der Waals surface area (Å²) in [6.45, 7) is 0. The molecule has 0 heterocycles. The fourth-order valence-electron chi connectivity index (χ4n) is 1.26. The fourth-order valence-corrected chi connectivity index (χ4v) is 1.26. The summed E-state index contributed by atoms with van der Waals surface area (Å²) in [5, 5.41) is 0. The van der Waals surface area contributed by atoms with Gasteiger partial charge in [-0.05, 0) is 11.1 Å². The second-order valence-electron chi connectivity index (χ2n) is 2.73. The standard InChI is InChI=1S/C12H10.C/c1-3-7-11(8-4-1)12-9-5-2-6-10-12;/h1-10H;. The maximum absolute atomic E-state index is 2.12. The molecule has 0 unspecified atom stereocenters. The third-order valence-corrected chi connectivity index (χ3v) is 1.88. The van der Waals surface area contributed by atoms with Crippen molar-refractivity contribution in [2.75, 3.05) is 0 Å². The lowest BCUT2D eigenvalue weighted by Crippen LogP contribution is -1.73. The van der Waals surface area contributed by atoms with Crippen LogP contribution in [0.25, 0.3) is 11.1 Å². The lowest BCUT2D eigenvalue weighted by atomic mass is 10.1. The van der Waals surface area contributed by atoms with Gasteiger partial charge >= 0.3 is 0 Å². The van der Waals surface area contributed by atoms with Gasteiger partial charge in [-0.25, -0.2) is 0 Å². The van der Waals surface area contributed by atoms with E-state index in [0.29, 0.717) is 0 Å². The van der Waals surface area contributed by atoms with E-state index in [2.05, 4.69) is 48.5 Å². The first-order chi connectivity index (χ1) is 5.97. The Morgan fingerprint density at radius 2 is 0.769 bits per heavy atom. The molecule has 0 bridgehead atoms. The molecule has 2 aromatic carbocycles. The quantitative estimate of drug-likeness (QED) is 0.608. The van der Waals surface area contributed by atoms with Gasteiger partial charge in [0.05, 0.1) is 0 Å². The van der Waals surface area contributed by atoms with Gasteiger partial charge in [-0.1, -0.05) is 60.7 Å². The average Bonchev–Trinajstić information content (AvgIpc) is 2.21. The normalized spacial score (nSPS) is 8.92. The van der Waals surface area contributed by atoms with Crippen LogP contribution in [0, 0.1) is 7.43 Å². The Labute approximate surface area is 79.9 Å². The Morgan fingerprint density at radius 3 is 1.08 bits per heavy atom. The molecule has 0 aromatic heterocycles. The molecule has 0 amide bonds. The van der Waals surface area contributed by atoms with Crippen molar-refractivity contribution >= 4 is 0 Å². The van der Waals surface area contributed by atoms with E-state index in [1.54, 1.807) is 0 Å². The summed E-state index contributed by atoms with van der Waals surface area (Å²) < 4.78 is 0. The summed E-state index contributed by atoms with van der Waals surface area (Å²) in [4.78, 5) is 0. The highest BCUT2D eigenvalue weighted by Crippen LogP contribution is 2.17. The van der Waals surface area contributed by atoms with Crippen molar-refractivity contribution in [1.29, 1.82) is 0 Å². The van der Waals surface area contributed by atoms with Crippen LogP contribution in [-0.2, 0) is 0 Å². The van der Waals surface area contributed by atoms with Crippen LogP contribution < -0.4 is 0 Å². The van der Waals surface area contributed by atoms with Crippen molar-refractivity contribution in [2.45, 2.75) is 0 Å². The summed E-state index contributed by atoms with van der Waals surface area (Å²) in [6.07, 6.45) is 0. The number of rotatable bonds is 1. The Morgan fingerprint density at radius 1 is 0.462 bits per heavy atom. The molecule has 0 aliphatic heterocycles. The van der Waals surface area contributed by atoms with E-state index in [1.165, 1.54) is 11.1 Å². The molecule has 0 atom stereocenters. The third kappa shape index (κ3) is 2.19. The van der Waals surface area contributed by atoms with Crippen LogP contribution >= 0.6 is 0 Å². The van der Waals surface area contributed by atoms with Crippen LogP contribution in [0.1, 0.15) is 0 Å². The van der Waals surface area contributed by atoms with Gasteiger partial charge in [-0.3, -0.25) is 0 Å². The summed E-state index contributed by atoms with van der Waals surface area (Å²) in [5.41, 5.74) is 2.55. The summed E-state index contributed by atoms with van der Waals surface area (Å²) in [7, 11) is 0. The molecule has 0 nitrogen and oxygen atoms in total. The summed E-state index contributed by atoms with van der Waals surface area (Å²) in [5.74, 6) is 0. The van der Waals surface area contributed by atoms with Crippen molar-refractivity contribution in [1.82, 2.24) is 0 Å². The number of benzene rings is 2. The molecule has 0 fully saturated rings. The third-order valence-electron chi connectivity index (χ3n) is 1.88. The topological polar surface area (TPSA) is 0 Å². The second-order valence-corrected chi connectivity index (χ2v) is 2.73. The molecule has 0 heteroatoms. The minimum Gasteiger partial charge on any atom is -0.0622 e. The monoisotopic (exact) mass is 166 g/mol. The van der Waals surface area contributed by atoms with Gasteiger partial charge in [0.15, 0.2) is 0 Å². The van der Waals surface area contributed by atoms with Crippen LogP contribution in [0.15, 0.2) is 60.7 Å². The molecule has 0 spiro atoms. The van der Waals surface area contributed by atoms with Crippen molar-refractivity contribution in [3.63, 3.8) is 0 Å². The molecule has 0 N–H and O–H groups in total. The summed E-state index contributed by atoms with van der Waals surface area (Å²) >= 11 is 0. The van der Waals surface area contributed by atoms with Gasteiger partial charge < -0.3 is 0 Å². The number of hydrogen-bond donors (Lipinski definition) is 0. The summed E-state index contributed by atoms with van der Waals surface area (Å²) in [6, 6.07) is 20.8. The maximum Gasteiger partial charge on any atom is 0 e. The smallest absolute Gasteiger partial charge is 0 e. The zero-order chi connectivity index (χ0) is 8.23. The highest BCUT2D eigenvalue weighted by Gasteiger charge is 1.91. The number of hydrogen-bond acceptors (Lipinski definition) is 0. The molecule has 0 aliphatic carbocycles. The van der Waals surface area contributed by atoms with Gasteiger partial charge in [0.25, 0.3) is 0 Å². The first-order valence-corrected chi connectivity index (χ1v) is 4.07. The molecular formula is C13H10. The molecular weight excluding hydrogens is 156 g/mol. The zero-order valence-electron chi connectivity index (χ0n) is 7.27. The highest BCUT2D eigenvalue weighted by molar-refractivity contribution is 5.62. The van der Waals surface area contributed by atoms with E-state index >= 15 is 0 Å². The van der Waals surface area contributed by atoms with Crippen molar-refractivity contribution in [3.05, 3.63) is 68.1 Å². The minimum absolute atomic E-state index is 0. The van der Waals surface area contributed by atoms with Crippen LogP contribution in [0.3, 0.4) is 0 Å². The van der Waals surface area contributed by atoms with E-state index in [-0.39, 0.29) is 7.43 Å². The molecule has 4 radical (unpaired) electrons. The fraction of sp³-hybridized carbons (Fsp3) is 0. The van der Waals surface area contributed by atoms with E-state index in [0.717, 1.165) is 0 Å². The predicted octanol–water partition coefficient (Wildman–Crippen LogP) is 3.43. The molecule has 0 saturated heterocycles. The van der Waals surface area contributed by atoms with Gasteiger partial charge in [0, 0.05) is 7.43 Å². The molecule has 62 valence electrons. The maximum atomic E-state index is 2.12. The minimum atomic E-state index is 0. The van der Waals surface area contributed by atoms with Crippen LogP contribution in [0.4, 0.5) is 0 Å². The van der Waals surface area contributed by atoms with E-state index < -0.39 is 0 Å². The SMILES string of the molecule is [C].c1ccc(-c2ccccc2)cc1. The van der Waals surface area contributed by atoms with Gasteiger partial charge in [-0.2, -0.15) is 0 Å². The molecule has 0 aliphatic rings. The Hall–Kier alpha value is -1.56. The van der Waals surface area contributed by atoms with Crippen molar-refractivity contribution in [3.8, 4) is 11.1 Å². The van der Waals surface area contributed by atoms with Gasteiger partial charge in [0.2, 0.25) is 0 Å². The van der Waals surface area contributed by atoms with E-state index in [9.17, 15) is 0 Å². The van der Waals surface area contributed by atoms with E-state index in [1.807, 2.05) is 12.1 Å². The van der Waals surface area contributed by atoms with Gasteiger partial charge in [0.1, 0.15) is 0 Å². The largest absolute Gasteiger partial charge is 0.0622 e. The lowest BCUT2D eigenvalue weighted by molar-refractivity contribution is 1.62. The van der Waals surface area contributed by atoms with E-state index in [4.69, 9.17) is 0 Å². The first-order valence-electron chi connectivity index (χ1n) is 4.07. The van der Waals surface area contributed by atoms with Gasteiger partial charge in [-0.15, -0.1) is 0 Å². The first kappa shape index (κ1) is 9.53. The van der Waals surface area contributed by atoms with Crippen molar-refractivity contribution < 1.29 is 0 Å². The Bertz CT molecular complexity index is 297. The van der Waals surface area contributed by atoms with Crippen LogP contribution in [-0.4, -0.2) is 0 Å². The molecule has 0 saturated carbocycles.